The van der Waals surface area contributed by atoms with Crippen LogP contribution in [0.4, 0.5) is 17.3 Å². The molecule has 158 valence electrons. The normalized spacial score (nSPS) is 11.4. The number of aromatic nitrogens is 4. The Labute approximate surface area is 180 Å². The molecule has 0 unspecified atom stereocenters. The Hall–Kier alpha value is -3.07. The first kappa shape index (κ1) is 21.6. The van der Waals surface area contributed by atoms with E-state index in [1.165, 1.54) is 0 Å². The molecule has 9 heteroatoms. The van der Waals surface area contributed by atoms with Gasteiger partial charge in [0.15, 0.2) is 0 Å². The number of anilines is 3. The predicted octanol–water partition coefficient (Wildman–Crippen LogP) is 4.33. The number of primary amides is 1. The third-order valence-electron chi connectivity index (χ3n) is 4.26. The number of amides is 1. The van der Waals surface area contributed by atoms with E-state index in [4.69, 9.17) is 10.8 Å². The minimum Gasteiger partial charge on any atom is -0.365 e. The second kappa shape index (κ2) is 8.74. The van der Waals surface area contributed by atoms with Crippen LogP contribution >= 0.6 is 11.9 Å². The maximum Gasteiger partial charge on any atom is 0.254 e. The molecule has 3 rings (SSSR count). The number of carbonyl (C=O) groups is 1. The highest BCUT2D eigenvalue weighted by atomic mass is 32.2. The molecule has 0 atom stereocenters. The van der Waals surface area contributed by atoms with Gasteiger partial charge < -0.3 is 15.8 Å². The molecule has 4 N–H and O–H groups in total. The summed E-state index contributed by atoms with van der Waals surface area (Å²) in [5.74, 6) is 1.41. The van der Waals surface area contributed by atoms with Crippen LogP contribution in [0.5, 0.6) is 0 Å². The van der Waals surface area contributed by atoms with Gasteiger partial charge >= 0.3 is 0 Å². The lowest BCUT2D eigenvalue weighted by atomic mass is 10.1. The molecule has 0 aliphatic heterocycles. The van der Waals surface area contributed by atoms with Gasteiger partial charge in [0, 0.05) is 23.2 Å². The zero-order valence-electron chi connectivity index (χ0n) is 17.9. The molecule has 1 aromatic carbocycles. The molecule has 2 aromatic heterocycles. The molecule has 0 bridgehead atoms. The quantitative estimate of drug-likeness (QED) is 0.483. The van der Waals surface area contributed by atoms with Crippen LogP contribution in [0, 0.1) is 6.92 Å². The maximum atomic E-state index is 12.5. The molecule has 0 aliphatic carbocycles. The number of carbonyl (C=O) groups excluding carboxylic acids is 1. The number of nitrogens with zero attached hydrogens (tertiary/aromatic N) is 4. The third kappa shape index (κ3) is 4.73. The average molecular weight is 426 g/mol. The highest BCUT2D eigenvalue weighted by molar-refractivity contribution is 8.00. The van der Waals surface area contributed by atoms with Crippen LogP contribution in [0.3, 0.4) is 0 Å². The number of rotatable bonds is 7. The lowest BCUT2D eigenvalue weighted by Crippen LogP contribution is -2.25. The van der Waals surface area contributed by atoms with Gasteiger partial charge in [0.25, 0.3) is 5.91 Å². The molecule has 30 heavy (non-hydrogen) atoms. The first-order valence-electron chi connectivity index (χ1n) is 9.68. The molecule has 0 radical (unpaired) electrons. The van der Waals surface area contributed by atoms with Crippen molar-refractivity contribution in [3.05, 3.63) is 47.9 Å². The topological polar surface area (TPSA) is 111 Å². The number of hydrogen-bond donors (Lipinski definition) is 3. The summed E-state index contributed by atoms with van der Waals surface area (Å²) >= 11 is 1.62. The molecule has 0 aliphatic rings. The van der Waals surface area contributed by atoms with E-state index in [1.807, 2.05) is 52.0 Å². The molecule has 0 fully saturated rings. The molecule has 8 nitrogen and oxygen atoms in total. The summed E-state index contributed by atoms with van der Waals surface area (Å²) in [6.07, 6.45) is 3.27. The molecular formula is C21H27N7OS. The standard InChI is InChI=1S/C21H27N7OS/c1-6-30-27-15-9-7-14(8-10-15)18-17(19(22)29)20(28(26-18)21(3,4)5)25-16-12-23-11-13(2)24-16/h7-12,27H,6H2,1-5H3,(H2,22,29)(H,24,25). The van der Waals surface area contributed by atoms with E-state index in [0.29, 0.717) is 22.9 Å². The number of hydrogen-bond acceptors (Lipinski definition) is 7. The van der Waals surface area contributed by atoms with Gasteiger partial charge in [-0.1, -0.05) is 31.0 Å². The molecule has 2 heterocycles. The molecule has 0 saturated heterocycles. The van der Waals surface area contributed by atoms with Crippen LogP contribution in [-0.2, 0) is 5.54 Å². The Morgan fingerprint density at radius 1 is 1.20 bits per heavy atom. The lowest BCUT2D eigenvalue weighted by Gasteiger charge is -2.23. The molecule has 3 aromatic rings. The third-order valence-corrected chi connectivity index (χ3v) is 4.93. The minimum absolute atomic E-state index is 0.317. The van der Waals surface area contributed by atoms with Crippen molar-refractivity contribution < 1.29 is 4.79 Å². The molecule has 0 spiro atoms. The van der Waals surface area contributed by atoms with Gasteiger partial charge in [0.05, 0.1) is 17.4 Å². The van der Waals surface area contributed by atoms with Crippen LogP contribution in [0.2, 0.25) is 0 Å². The second-order valence-corrected chi connectivity index (χ2v) is 8.87. The van der Waals surface area contributed by atoms with Crippen LogP contribution in [0.25, 0.3) is 11.3 Å². The van der Waals surface area contributed by atoms with Crippen LogP contribution in [0.1, 0.15) is 43.7 Å². The summed E-state index contributed by atoms with van der Waals surface area (Å²) in [7, 11) is 0. The highest BCUT2D eigenvalue weighted by Crippen LogP contribution is 2.34. The summed E-state index contributed by atoms with van der Waals surface area (Å²) < 4.78 is 5.03. The van der Waals surface area contributed by atoms with Crippen LogP contribution < -0.4 is 15.8 Å². The number of benzene rings is 1. The highest BCUT2D eigenvalue weighted by Gasteiger charge is 2.29. The van der Waals surface area contributed by atoms with E-state index < -0.39 is 11.4 Å². The monoisotopic (exact) mass is 425 g/mol. The van der Waals surface area contributed by atoms with Gasteiger partial charge in [-0.3, -0.25) is 9.78 Å². The Morgan fingerprint density at radius 3 is 2.47 bits per heavy atom. The SMILES string of the molecule is CCSNc1ccc(-c2nn(C(C)(C)C)c(Nc3cncc(C)n3)c2C(N)=O)cc1. The summed E-state index contributed by atoms with van der Waals surface area (Å²) in [4.78, 5) is 21.1. The number of nitrogens with one attached hydrogen (secondary N) is 2. The van der Waals surface area contributed by atoms with E-state index in [-0.39, 0.29) is 0 Å². The van der Waals surface area contributed by atoms with Gasteiger partial charge in [0.2, 0.25) is 0 Å². The van der Waals surface area contributed by atoms with Gasteiger partial charge in [-0.25, -0.2) is 9.67 Å². The zero-order valence-corrected chi connectivity index (χ0v) is 18.7. The number of aryl methyl sites for hydroxylation is 1. The van der Waals surface area contributed by atoms with Crippen molar-refractivity contribution in [3.8, 4) is 11.3 Å². The van der Waals surface area contributed by atoms with Crippen molar-refractivity contribution in [1.29, 1.82) is 0 Å². The fraction of sp³-hybridized carbons (Fsp3) is 0.333. The van der Waals surface area contributed by atoms with Gasteiger partial charge in [-0.15, -0.1) is 0 Å². The average Bonchev–Trinajstić information content (AvgIpc) is 3.06. The molecule has 1 amide bonds. The van der Waals surface area contributed by atoms with Crippen molar-refractivity contribution in [3.63, 3.8) is 0 Å². The predicted molar refractivity (Wildman–Crippen MR) is 123 cm³/mol. The van der Waals surface area contributed by atoms with E-state index in [0.717, 1.165) is 22.7 Å². The van der Waals surface area contributed by atoms with E-state index in [2.05, 4.69) is 26.9 Å². The second-order valence-electron chi connectivity index (χ2n) is 7.80. The first-order valence-corrected chi connectivity index (χ1v) is 10.7. The van der Waals surface area contributed by atoms with Gasteiger partial charge in [-0.05, 0) is 39.8 Å². The number of nitrogens with two attached hydrogens (primary N) is 1. The Bertz CT molecular complexity index is 1040. The molecular weight excluding hydrogens is 398 g/mol. The Balaban J connectivity index is 2.12. The fourth-order valence-electron chi connectivity index (χ4n) is 2.95. The zero-order chi connectivity index (χ0) is 21.9. The summed E-state index contributed by atoms with van der Waals surface area (Å²) in [5, 5.41) is 7.97. The largest absolute Gasteiger partial charge is 0.365 e. The summed E-state index contributed by atoms with van der Waals surface area (Å²) in [5.41, 5.74) is 8.79. The lowest BCUT2D eigenvalue weighted by molar-refractivity contribution is 0.100. The summed E-state index contributed by atoms with van der Waals surface area (Å²) in [6.45, 7) is 9.97. The van der Waals surface area contributed by atoms with Crippen LogP contribution in [0.15, 0.2) is 36.7 Å². The van der Waals surface area contributed by atoms with Gasteiger partial charge in [-0.2, -0.15) is 5.10 Å². The smallest absolute Gasteiger partial charge is 0.254 e. The van der Waals surface area contributed by atoms with Crippen molar-refractivity contribution in [2.45, 2.75) is 40.2 Å². The Kier molecular flexibility index (Phi) is 6.31. The van der Waals surface area contributed by atoms with E-state index in [1.54, 1.807) is 29.0 Å². The first-order chi connectivity index (χ1) is 14.2. The van der Waals surface area contributed by atoms with E-state index >= 15 is 0 Å². The Morgan fingerprint density at radius 2 is 1.90 bits per heavy atom. The van der Waals surface area contributed by atoms with Crippen molar-refractivity contribution in [1.82, 2.24) is 19.7 Å². The van der Waals surface area contributed by atoms with Crippen molar-refractivity contribution >= 4 is 35.2 Å². The van der Waals surface area contributed by atoms with E-state index in [9.17, 15) is 4.79 Å². The van der Waals surface area contributed by atoms with Crippen molar-refractivity contribution in [2.75, 3.05) is 15.8 Å². The minimum atomic E-state index is -0.563. The van der Waals surface area contributed by atoms with Gasteiger partial charge in [0.1, 0.15) is 22.9 Å². The fourth-order valence-corrected chi connectivity index (χ4v) is 3.40. The maximum absolute atomic E-state index is 12.5. The molecule has 0 saturated carbocycles. The van der Waals surface area contributed by atoms with Crippen LogP contribution in [-0.4, -0.2) is 31.4 Å². The summed E-state index contributed by atoms with van der Waals surface area (Å²) in [6, 6.07) is 7.77. The van der Waals surface area contributed by atoms with Crippen molar-refractivity contribution in [2.24, 2.45) is 5.73 Å².